The minimum atomic E-state index is -0.649. The van der Waals surface area contributed by atoms with Gasteiger partial charge >= 0.3 is 5.97 Å². The number of nitro groups is 1. The van der Waals surface area contributed by atoms with E-state index in [0.717, 1.165) is 0 Å². The Kier molecular flexibility index (Phi) is 6.35. The van der Waals surface area contributed by atoms with Gasteiger partial charge in [-0.05, 0) is 23.6 Å². The van der Waals surface area contributed by atoms with Crippen LogP contribution in [-0.4, -0.2) is 29.2 Å². The summed E-state index contributed by atoms with van der Waals surface area (Å²) in [5, 5.41) is 14.8. The average molecular weight is 362 g/mol. The van der Waals surface area contributed by atoms with Crippen molar-refractivity contribution in [2.75, 3.05) is 11.9 Å². The number of ketones is 1. The molecule has 9 heteroatoms. The Balaban J connectivity index is 1.71. The number of non-ortho nitro benzene ring substituents is 1. The fourth-order valence-electron chi connectivity index (χ4n) is 1.83. The number of carbonyl (C=O) groups is 3. The summed E-state index contributed by atoms with van der Waals surface area (Å²) in [5.74, 6) is -1.38. The summed E-state index contributed by atoms with van der Waals surface area (Å²) in [6, 6.07) is 8.68. The molecule has 2 rings (SSSR count). The molecule has 1 N–H and O–H groups in total. The van der Waals surface area contributed by atoms with Crippen molar-refractivity contribution >= 4 is 40.4 Å². The maximum atomic E-state index is 11.7. The molecule has 0 radical (unpaired) electrons. The van der Waals surface area contributed by atoms with Crippen LogP contribution < -0.4 is 5.32 Å². The molecule has 25 heavy (non-hydrogen) atoms. The van der Waals surface area contributed by atoms with Crippen LogP contribution in [0.15, 0.2) is 41.8 Å². The van der Waals surface area contributed by atoms with Gasteiger partial charge in [-0.15, -0.1) is 11.3 Å². The number of ether oxygens (including phenoxy) is 1. The number of hydrogen-bond acceptors (Lipinski definition) is 7. The first-order chi connectivity index (χ1) is 12.0. The van der Waals surface area contributed by atoms with Gasteiger partial charge in [-0.25, -0.2) is 0 Å². The van der Waals surface area contributed by atoms with Gasteiger partial charge in [0, 0.05) is 24.2 Å². The van der Waals surface area contributed by atoms with Crippen LogP contribution in [0.1, 0.15) is 22.5 Å². The van der Waals surface area contributed by atoms with E-state index in [1.54, 1.807) is 17.5 Å². The van der Waals surface area contributed by atoms with E-state index in [2.05, 4.69) is 5.32 Å². The molecule has 0 saturated carbocycles. The van der Waals surface area contributed by atoms with E-state index in [1.807, 2.05) is 0 Å². The highest BCUT2D eigenvalue weighted by molar-refractivity contribution is 7.12. The fraction of sp³-hybridized carbons (Fsp3) is 0.188. The number of thiophene rings is 1. The first-order valence-electron chi connectivity index (χ1n) is 7.22. The molecule has 0 aliphatic carbocycles. The zero-order chi connectivity index (χ0) is 18.2. The van der Waals surface area contributed by atoms with Crippen molar-refractivity contribution < 1.29 is 24.0 Å². The number of Topliss-reactive ketones (excluding diaryl/α,β-unsaturated/α-hetero) is 1. The molecular weight excluding hydrogens is 348 g/mol. The zero-order valence-electron chi connectivity index (χ0n) is 13.0. The highest BCUT2D eigenvalue weighted by atomic mass is 32.1. The summed E-state index contributed by atoms with van der Waals surface area (Å²) in [7, 11) is 0. The maximum Gasteiger partial charge on any atom is 0.306 e. The van der Waals surface area contributed by atoms with Crippen LogP contribution in [0.3, 0.4) is 0 Å². The van der Waals surface area contributed by atoms with Crippen molar-refractivity contribution in [3.05, 3.63) is 56.8 Å². The Hall–Kier alpha value is -3.07. The number of nitrogens with zero attached hydrogens (tertiary/aromatic N) is 1. The van der Waals surface area contributed by atoms with Crippen molar-refractivity contribution in [1.82, 2.24) is 0 Å². The molecule has 0 aliphatic rings. The monoisotopic (exact) mass is 362 g/mol. The summed E-state index contributed by atoms with van der Waals surface area (Å²) in [6.07, 6.45) is -0.292. The Morgan fingerprint density at radius 1 is 1.12 bits per heavy atom. The summed E-state index contributed by atoms with van der Waals surface area (Å²) in [4.78, 5) is 45.5. The number of hydrogen-bond donors (Lipinski definition) is 1. The van der Waals surface area contributed by atoms with E-state index < -0.39 is 16.8 Å². The molecule has 1 aromatic carbocycles. The Bertz CT molecular complexity index is 770. The standard InChI is InChI=1S/C16H14N2O6S/c19-13(14-2-1-9-25-14)10-24-16(21)8-7-15(20)17-11-3-5-12(6-4-11)18(22)23/h1-6,9H,7-8,10H2,(H,17,20). The summed E-state index contributed by atoms with van der Waals surface area (Å²) < 4.78 is 4.83. The van der Waals surface area contributed by atoms with E-state index >= 15 is 0 Å². The lowest BCUT2D eigenvalue weighted by Crippen LogP contribution is -2.17. The molecular formula is C16H14N2O6S. The Morgan fingerprint density at radius 2 is 1.84 bits per heavy atom. The highest BCUT2D eigenvalue weighted by Gasteiger charge is 2.13. The van der Waals surface area contributed by atoms with Crippen molar-refractivity contribution in [1.29, 1.82) is 0 Å². The number of carbonyl (C=O) groups excluding carboxylic acids is 3. The molecule has 0 atom stereocenters. The van der Waals surface area contributed by atoms with Crippen molar-refractivity contribution in [2.45, 2.75) is 12.8 Å². The smallest absolute Gasteiger partial charge is 0.306 e. The number of amides is 1. The third-order valence-electron chi connectivity index (χ3n) is 3.08. The molecule has 0 spiro atoms. The molecule has 0 unspecified atom stereocenters. The Morgan fingerprint density at radius 3 is 2.44 bits per heavy atom. The maximum absolute atomic E-state index is 11.7. The van der Waals surface area contributed by atoms with Crippen LogP contribution >= 0.6 is 11.3 Å². The topological polar surface area (TPSA) is 116 Å². The lowest BCUT2D eigenvalue weighted by Gasteiger charge is -2.05. The average Bonchev–Trinajstić information content (AvgIpc) is 3.13. The lowest BCUT2D eigenvalue weighted by atomic mass is 10.2. The molecule has 1 amide bonds. The minimum Gasteiger partial charge on any atom is -0.457 e. The van der Waals surface area contributed by atoms with Gasteiger partial charge in [0.1, 0.15) is 0 Å². The van der Waals surface area contributed by atoms with Gasteiger partial charge in [0.25, 0.3) is 5.69 Å². The molecule has 0 aliphatic heterocycles. The number of nitro benzene ring substituents is 1. The number of benzene rings is 1. The molecule has 0 bridgehead atoms. The molecule has 0 fully saturated rings. The summed E-state index contributed by atoms with van der Waals surface area (Å²) in [5.41, 5.74) is 0.300. The third kappa shape index (κ3) is 5.81. The van der Waals surface area contributed by atoms with Gasteiger partial charge < -0.3 is 10.1 Å². The van der Waals surface area contributed by atoms with Crippen molar-refractivity contribution in [3.63, 3.8) is 0 Å². The van der Waals surface area contributed by atoms with Crippen molar-refractivity contribution in [3.8, 4) is 0 Å². The van der Waals surface area contributed by atoms with E-state index in [0.29, 0.717) is 10.6 Å². The fourth-order valence-corrected chi connectivity index (χ4v) is 2.48. The molecule has 8 nitrogen and oxygen atoms in total. The van der Waals surface area contributed by atoms with E-state index in [4.69, 9.17) is 4.74 Å². The molecule has 130 valence electrons. The number of rotatable bonds is 8. The van der Waals surface area contributed by atoms with Crippen molar-refractivity contribution in [2.24, 2.45) is 0 Å². The van der Waals surface area contributed by atoms with Crippen LogP contribution in [0.2, 0.25) is 0 Å². The van der Waals surface area contributed by atoms with E-state index in [-0.39, 0.29) is 30.9 Å². The van der Waals surface area contributed by atoms with Gasteiger partial charge in [0.2, 0.25) is 11.7 Å². The third-order valence-corrected chi connectivity index (χ3v) is 3.99. The second-order valence-corrected chi connectivity index (χ2v) is 5.86. The molecule has 1 heterocycles. The van der Waals surface area contributed by atoms with Gasteiger partial charge in [0.05, 0.1) is 16.2 Å². The van der Waals surface area contributed by atoms with Crippen LogP contribution in [-0.2, 0) is 14.3 Å². The van der Waals surface area contributed by atoms with Gasteiger partial charge in [-0.2, -0.15) is 0 Å². The van der Waals surface area contributed by atoms with Gasteiger partial charge in [0.15, 0.2) is 6.61 Å². The number of nitrogens with one attached hydrogen (secondary N) is 1. The van der Waals surface area contributed by atoms with Crippen LogP contribution in [0.4, 0.5) is 11.4 Å². The Labute approximate surface area is 146 Å². The largest absolute Gasteiger partial charge is 0.457 e. The molecule has 1 aromatic heterocycles. The van der Waals surface area contributed by atoms with Crippen LogP contribution in [0, 0.1) is 10.1 Å². The second kappa shape index (κ2) is 8.69. The number of anilines is 1. The van der Waals surface area contributed by atoms with Gasteiger partial charge in [-0.1, -0.05) is 6.07 Å². The summed E-state index contributed by atoms with van der Waals surface area (Å²) >= 11 is 1.26. The van der Waals surface area contributed by atoms with E-state index in [1.165, 1.54) is 35.6 Å². The normalized spacial score (nSPS) is 10.1. The molecule has 0 saturated heterocycles. The van der Waals surface area contributed by atoms with Crippen LogP contribution in [0.5, 0.6) is 0 Å². The predicted molar refractivity (Wildman–Crippen MR) is 90.6 cm³/mol. The number of esters is 1. The molecule has 2 aromatic rings. The predicted octanol–water partition coefficient (Wildman–Crippen LogP) is 2.80. The SMILES string of the molecule is O=C(CCC(=O)OCC(=O)c1cccs1)Nc1ccc([N+](=O)[O-])cc1. The first-order valence-corrected chi connectivity index (χ1v) is 8.10. The summed E-state index contributed by atoms with van der Waals surface area (Å²) in [6.45, 7) is -0.358. The van der Waals surface area contributed by atoms with Crippen LogP contribution in [0.25, 0.3) is 0 Å². The lowest BCUT2D eigenvalue weighted by molar-refractivity contribution is -0.384. The zero-order valence-corrected chi connectivity index (χ0v) is 13.8. The highest BCUT2D eigenvalue weighted by Crippen LogP contribution is 2.15. The first kappa shape index (κ1) is 18.3. The van der Waals surface area contributed by atoms with E-state index in [9.17, 15) is 24.5 Å². The quantitative estimate of drug-likeness (QED) is 0.334. The minimum absolute atomic E-state index is 0.0861. The second-order valence-electron chi connectivity index (χ2n) is 4.91. The van der Waals surface area contributed by atoms with Gasteiger partial charge in [-0.3, -0.25) is 24.5 Å².